The molecule has 0 bridgehead atoms. The normalized spacial score (nSPS) is 13.3. The number of nitrogens with one attached hydrogen (secondary N) is 1. The predicted octanol–water partition coefficient (Wildman–Crippen LogP) is 15.9. The second-order valence-electron chi connectivity index (χ2n) is 18.3. The van der Waals surface area contributed by atoms with Gasteiger partial charge in [0.05, 0.1) is 25.2 Å². The highest BCUT2D eigenvalue weighted by Crippen LogP contribution is 2.18. The van der Waals surface area contributed by atoms with Gasteiger partial charge in [0.1, 0.15) is 6.10 Å². The number of carbonyl (C=O) groups excluding carboxylic acids is 2. The van der Waals surface area contributed by atoms with Crippen LogP contribution < -0.4 is 5.32 Å². The van der Waals surface area contributed by atoms with E-state index >= 15 is 0 Å². The van der Waals surface area contributed by atoms with Crippen LogP contribution in [0.15, 0.2) is 24.3 Å². The SMILES string of the molecule is CCCCC/C=C\C/C=C\CCCCCCCCCCCC(=O)OC(CCCCCCCCCC)CC(=O)NC(CO)C(O)CCCCCCCCCCCCCCCC. The van der Waals surface area contributed by atoms with Crippen LogP contribution in [0.4, 0.5) is 0 Å². The number of rotatable bonds is 48. The maximum Gasteiger partial charge on any atom is 0.306 e. The summed E-state index contributed by atoms with van der Waals surface area (Å²) in [7, 11) is 0. The van der Waals surface area contributed by atoms with E-state index < -0.39 is 18.2 Å². The van der Waals surface area contributed by atoms with E-state index in [9.17, 15) is 19.8 Å². The van der Waals surface area contributed by atoms with E-state index in [1.54, 1.807) is 0 Å². The van der Waals surface area contributed by atoms with Crippen molar-refractivity contribution in [3.05, 3.63) is 24.3 Å². The van der Waals surface area contributed by atoms with Crippen molar-refractivity contribution in [1.29, 1.82) is 0 Å². The number of aliphatic hydroxyl groups is 2. The van der Waals surface area contributed by atoms with Gasteiger partial charge < -0.3 is 20.3 Å². The predicted molar refractivity (Wildman–Crippen MR) is 260 cm³/mol. The number of hydrogen-bond acceptors (Lipinski definition) is 5. The van der Waals surface area contributed by atoms with Gasteiger partial charge in [0.2, 0.25) is 5.91 Å². The Morgan fingerprint density at radius 1 is 0.483 bits per heavy atom. The topological polar surface area (TPSA) is 95.9 Å². The first-order valence-electron chi connectivity index (χ1n) is 26.6. The van der Waals surface area contributed by atoms with Crippen LogP contribution in [-0.2, 0) is 14.3 Å². The number of aliphatic hydroxyl groups excluding tert-OH is 2. The van der Waals surface area contributed by atoms with Gasteiger partial charge in [-0.25, -0.2) is 0 Å². The molecule has 0 radical (unpaired) electrons. The minimum atomic E-state index is -0.783. The summed E-state index contributed by atoms with van der Waals surface area (Å²) in [4.78, 5) is 26.1. The summed E-state index contributed by atoms with van der Waals surface area (Å²) in [5.41, 5.74) is 0. The molecule has 0 aliphatic heterocycles. The Kier molecular flexibility index (Phi) is 47.0. The highest BCUT2D eigenvalue weighted by Gasteiger charge is 2.24. The second-order valence-corrected chi connectivity index (χ2v) is 18.3. The lowest BCUT2D eigenvalue weighted by atomic mass is 10.0. The molecule has 3 unspecified atom stereocenters. The number of unbranched alkanes of at least 4 members (excludes halogenated alkanes) is 32. The largest absolute Gasteiger partial charge is 0.462 e. The highest BCUT2D eigenvalue weighted by molar-refractivity contribution is 5.77. The minimum Gasteiger partial charge on any atom is -0.462 e. The number of amides is 1. The second kappa shape index (κ2) is 48.4. The molecule has 60 heavy (non-hydrogen) atoms. The van der Waals surface area contributed by atoms with Crippen LogP contribution in [0.5, 0.6) is 0 Å². The average molecular weight is 846 g/mol. The molecule has 0 fully saturated rings. The number of hydrogen-bond donors (Lipinski definition) is 3. The van der Waals surface area contributed by atoms with Gasteiger partial charge in [0.15, 0.2) is 0 Å². The molecule has 6 nitrogen and oxygen atoms in total. The van der Waals surface area contributed by atoms with Crippen LogP contribution in [0.25, 0.3) is 0 Å². The van der Waals surface area contributed by atoms with Gasteiger partial charge in [-0.2, -0.15) is 0 Å². The molecule has 354 valence electrons. The van der Waals surface area contributed by atoms with Crippen LogP contribution in [-0.4, -0.2) is 46.9 Å². The van der Waals surface area contributed by atoms with Crippen molar-refractivity contribution in [1.82, 2.24) is 5.32 Å². The van der Waals surface area contributed by atoms with Crippen molar-refractivity contribution in [3.8, 4) is 0 Å². The first-order valence-corrected chi connectivity index (χ1v) is 26.6. The van der Waals surface area contributed by atoms with Crippen molar-refractivity contribution in [2.45, 2.75) is 302 Å². The highest BCUT2D eigenvalue weighted by atomic mass is 16.5. The lowest BCUT2D eigenvalue weighted by molar-refractivity contribution is -0.151. The maximum absolute atomic E-state index is 13.2. The van der Waals surface area contributed by atoms with Crippen molar-refractivity contribution in [2.24, 2.45) is 0 Å². The van der Waals surface area contributed by atoms with Gasteiger partial charge >= 0.3 is 5.97 Å². The number of allylic oxidation sites excluding steroid dienone is 4. The van der Waals surface area contributed by atoms with Crippen molar-refractivity contribution in [3.63, 3.8) is 0 Å². The van der Waals surface area contributed by atoms with E-state index in [1.807, 2.05) is 0 Å². The number of esters is 1. The lowest BCUT2D eigenvalue weighted by Gasteiger charge is -2.24. The van der Waals surface area contributed by atoms with E-state index in [0.29, 0.717) is 19.3 Å². The molecular weight excluding hydrogens is 743 g/mol. The summed E-state index contributed by atoms with van der Waals surface area (Å²) in [6, 6.07) is -0.696. The zero-order valence-corrected chi connectivity index (χ0v) is 40.4. The quantitative estimate of drug-likeness (QED) is 0.0322. The van der Waals surface area contributed by atoms with Gasteiger partial charge in [-0.3, -0.25) is 9.59 Å². The molecule has 0 saturated heterocycles. The summed E-state index contributed by atoms with van der Waals surface area (Å²) >= 11 is 0. The Morgan fingerprint density at radius 3 is 1.30 bits per heavy atom. The first kappa shape index (κ1) is 58.3. The molecule has 3 atom stereocenters. The van der Waals surface area contributed by atoms with Gasteiger partial charge in [0.25, 0.3) is 0 Å². The molecule has 0 aromatic rings. The molecule has 6 heteroatoms. The van der Waals surface area contributed by atoms with E-state index in [-0.39, 0.29) is 24.9 Å². The van der Waals surface area contributed by atoms with Crippen LogP contribution in [0.1, 0.15) is 284 Å². The zero-order chi connectivity index (χ0) is 43.8. The third-order valence-corrected chi connectivity index (χ3v) is 12.3. The number of ether oxygens (including phenoxy) is 1. The van der Waals surface area contributed by atoms with Gasteiger partial charge in [-0.05, 0) is 57.8 Å². The summed E-state index contributed by atoms with van der Waals surface area (Å²) in [6.07, 6.45) is 55.3. The Bertz CT molecular complexity index is 950. The molecule has 0 aromatic carbocycles. The molecular formula is C54H103NO5. The van der Waals surface area contributed by atoms with Crippen LogP contribution in [0.3, 0.4) is 0 Å². The molecule has 3 N–H and O–H groups in total. The number of carbonyl (C=O) groups is 2. The van der Waals surface area contributed by atoms with Crippen molar-refractivity contribution < 1.29 is 24.5 Å². The summed E-state index contributed by atoms with van der Waals surface area (Å²) in [5, 5.41) is 23.7. The fraction of sp³-hybridized carbons (Fsp3) is 0.889. The molecule has 0 spiro atoms. The standard InChI is InChI=1S/C54H103NO5/c1-4-7-10-13-16-19-21-23-25-26-27-28-29-31-33-35-38-41-44-47-54(59)60-50(45-42-39-36-18-15-12-9-6-3)48-53(58)55-51(49-56)52(57)46-43-40-37-34-32-30-24-22-20-17-14-11-8-5-2/h16,19,23,25,50-52,56-57H,4-15,17-18,20-22,24,26-49H2,1-3H3,(H,55,58)/b19-16-,25-23-. The Morgan fingerprint density at radius 2 is 0.850 bits per heavy atom. The summed E-state index contributed by atoms with van der Waals surface area (Å²) in [5.74, 6) is -0.468. The smallest absolute Gasteiger partial charge is 0.306 e. The van der Waals surface area contributed by atoms with Gasteiger partial charge in [-0.1, -0.05) is 238 Å². The summed E-state index contributed by atoms with van der Waals surface area (Å²) < 4.78 is 5.92. The molecule has 0 rings (SSSR count). The summed E-state index contributed by atoms with van der Waals surface area (Å²) in [6.45, 7) is 6.46. The Labute approximate surface area is 373 Å². The fourth-order valence-corrected chi connectivity index (χ4v) is 8.23. The van der Waals surface area contributed by atoms with Crippen molar-refractivity contribution >= 4 is 11.9 Å². The fourth-order valence-electron chi connectivity index (χ4n) is 8.23. The third kappa shape index (κ3) is 43.0. The molecule has 0 aromatic heterocycles. The molecule has 0 aliphatic rings. The van der Waals surface area contributed by atoms with E-state index in [1.165, 1.54) is 186 Å². The van der Waals surface area contributed by atoms with Crippen LogP contribution >= 0.6 is 0 Å². The molecule has 0 aliphatic carbocycles. The van der Waals surface area contributed by atoms with Gasteiger partial charge in [0, 0.05) is 6.42 Å². The molecule has 1 amide bonds. The van der Waals surface area contributed by atoms with E-state index in [4.69, 9.17) is 4.74 Å². The van der Waals surface area contributed by atoms with Crippen LogP contribution in [0, 0.1) is 0 Å². The Hall–Kier alpha value is -1.66. The average Bonchev–Trinajstić information content (AvgIpc) is 3.24. The van der Waals surface area contributed by atoms with E-state index in [0.717, 1.165) is 51.4 Å². The van der Waals surface area contributed by atoms with E-state index in [2.05, 4.69) is 50.4 Å². The minimum absolute atomic E-state index is 0.0805. The zero-order valence-electron chi connectivity index (χ0n) is 40.4. The molecule has 0 saturated carbocycles. The monoisotopic (exact) mass is 846 g/mol. The van der Waals surface area contributed by atoms with Gasteiger partial charge in [-0.15, -0.1) is 0 Å². The third-order valence-electron chi connectivity index (χ3n) is 12.3. The Balaban J connectivity index is 4.35. The molecule has 0 heterocycles. The van der Waals surface area contributed by atoms with Crippen LogP contribution in [0.2, 0.25) is 0 Å². The lowest BCUT2D eigenvalue weighted by Crippen LogP contribution is -2.46. The maximum atomic E-state index is 13.2. The van der Waals surface area contributed by atoms with Crippen molar-refractivity contribution in [2.75, 3.05) is 6.61 Å². The first-order chi connectivity index (χ1) is 29.5.